The van der Waals surface area contributed by atoms with Crippen molar-refractivity contribution in [1.29, 1.82) is 0 Å². The van der Waals surface area contributed by atoms with Crippen molar-refractivity contribution in [2.45, 2.75) is 46.1 Å². The van der Waals surface area contributed by atoms with Gasteiger partial charge in [0.1, 0.15) is 16.4 Å². The van der Waals surface area contributed by atoms with Crippen molar-refractivity contribution in [1.82, 2.24) is 4.31 Å². The Hall–Kier alpha value is -0.850. The van der Waals surface area contributed by atoms with Crippen molar-refractivity contribution in [2.75, 3.05) is 13.1 Å². The number of nitrogens with two attached hydrogens (primary N) is 1. The number of nitrogens with zero attached hydrogens (tertiary/aromatic N) is 1. The van der Waals surface area contributed by atoms with Gasteiger partial charge in [-0.25, -0.2) is 8.42 Å². The Labute approximate surface area is 122 Å². The molecule has 0 bridgehead atoms. The van der Waals surface area contributed by atoms with Crippen LogP contribution in [0.2, 0.25) is 0 Å². The van der Waals surface area contributed by atoms with Crippen molar-refractivity contribution >= 4 is 10.0 Å². The van der Waals surface area contributed by atoms with E-state index in [-0.39, 0.29) is 23.3 Å². The molecule has 0 aliphatic heterocycles. The molecular weight excluding hydrogens is 276 g/mol. The first-order valence-electron chi connectivity index (χ1n) is 6.98. The average Bonchev–Trinajstić information content (AvgIpc) is 2.69. The molecule has 116 valence electrons. The summed E-state index contributed by atoms with van der Waals surface area (Å²) in [7, 11) is -3.53. The topological polar surface area (TPSA) is 76.5 Å². The molecule has 1 aromatic heterocycles. The van der Waals surface area contributed by atoms with Crippen molar-refractivity contribution in [3.8, 4) is 0 Å². The zero-order valence-electron chi connectivity index (χ0n) is 13.0. The molecule has 0 unspecified atom stereocenters. The van der Waals surface area contributed by atoms with Gasteiger partial charge in [0.15, 0.2) is 0 Å². The fraction of sp³-hybridized carbons (Fsp3) is 0.714. The predicted octanol–water partition coefficient (Wildman–Crippen LogP) is 2.35. The Morgan fingerprint density at radius 3 is 2.05 bits per heavy atom. The Kier molecular flexibility index (Phi) is 5.79. The summed E-state index contributed by atoms with van der Waals surface area (Å²) in [6.07, 6.45) is 0. The third-order valence-corrected chi connectivity index (χ3v) is 4.82. The summed E-state index contributed by atoms with van der Waals surface area (Å²) in [6, 6.07) is 1.54. The fourth-order valence-corrected chi connectivity index (χ4v) is 4.06. The minimum atomic E-state index is -3.53. The number of rotatable bonds is 7. The van der Waals surface area contributed by atoms with Gasteiger partial charge in [0.25, 0.3) is 0 Å². The number of hydrogen-bond donors (Lipinski definition) is 1. The molecular formula is C14H26N2O3S. The highest BCUT2D eigenvalue weighted by molar-refractivity contribution is 7.89. The van der Waals surface area contributed by atoms with Crippen LogP contribution in [0.4, 0.5) is 0 Å². The van der Waals surface area contributed by atoms with E-state index in [4.69, 9.17) is 10.2 Å². The van der Waals surface area contributed by atoms with E-state index in [0.29, 0.717) is 24.6 Å². The van der Waals surface area contributed by atoms with Crippen LogP contribution in [0.3, 0.4) is 0 Å². The first-order valence-corrected chi connectivity index (χ1v) is 8.42. The van der Waals surface area contributed by atoms with Crippen LogP contribution in [-0.2, 0) is 16.6 Å². The van der Waals surface area contributed by atoms with Gasteiger partial charge in [-0.2, -0.15) is 4.31 Å². The van der Waals surface area contributed by atoms with E-state index in [9.17, 15) is 8.42 Å². The maximum atomic E-state index is 12.8. The van der Waals surface area contributed by atoms with Crippen LogP contribution in [0.15, 0.2) is 15.4 Å². The summed E-state index contributed by atoms with van der Waals surface area (Å²) in [6.45, 7) is 10.9. The average molecular weight is 302 g/mol. The third-order valence-electron chi connectivity index (χ3n) is 2.88. The highest BCUT2D eigenvalue weighted by Gasteiger charge is 2.29. The van der Waals surface area contributed by atoms with Gasteiger partial charge in [-0.15, -0.1) is 0 Å². The summed E-state index contributed by atoms with van der Waals surface area (Å²) in [5.41, 5.74) is 5.51. The van der Waals surface area contributed by atoms with Crippen LogP contribution in [0.1, 0.15) is 39.2 Å². The maximum Gasteiger partial charge on any atom is 0.246 e. The molecule has 6 heteroatoms. The molecule has 1 heterocycles. The maximum absolute atomic E-state index is 12.8. The van der Waals surface area contributed by atoms with E-state index in [1.165, 1.54) is 0 Å². The van der Waals surface area contributed by atoms with E-state index in [1.807, 2.05) is 27.7 Å². The summed E-state index contributed by atoms with van der Waals surface area (Å²) in [5, 5.41) is 0. The molecule has 0 aromatic carbocycles. The third kappa shape index (κ3) is 4.07. The van der Waals surface area contributed by atoms with E-state index in [2.05, 4.69) is 0 Å². The normalized spacial score (nSPS) is 12.8. The number of furan rings is 1. The Morgan fingerprint density at radius 1 is 1.20 bits per heavy atom. The summed E-state index contributed by atoms with van der Waals surface area (Å²) in [5.74, 6) is 1.44. The second kappa shape index (κ2) is 6.74. The van der Waals surface area contributed by atoms with E-state index < -0.39 is 10.0 Å². The Bertz CT molecular complexity index is 523. The lowest BCUT2D eigenvalue weighted by molar-refractivity contribution is 0.332. The molecule has 0 fully saturated rings. The van der Waals surface area contributed by atoms with Crippen molar-refractivity contribution in [2.24, 2.45) is 17.6 Å². The molecule has 2 N–H and O–H groups in total. The van der Waals surface area contributed by atoms with Crippen LogP contribution in [-0.4, -0.2) is 25.8 Å². The molecule has 0 atom stereocenters. The molecule has 0 saturated carbocycles. The summed E-state index contributed by atoms with van der Waals surface area (Å²) < 4.78 is 32.5. The Morgan fingerprint density at radius 2 is 1.70 bits per heavy atom. The van der Waals surface area contributed by atoms with Crippen LogP contribution in [0.25, 0.3) is 0 Å². The summed E-state index contributed by atoms with van der Waals surface area (Å²) >= 11 is 0. The largest absolute Gasteiger partial charge is 0.464 e. The van der Waals surface area contributed by atoms with Gasteiger partial charge < -0.3 is 10.2 Å². The molecule has 0 amide bonds. The number of aryl methyl sites for hydroxylation is 1. The van der Waals surface area contributed by atoms with Crippen LogP contribution >= 0.6 is 0 Å². The smallest absolute Gasteiger partial charge is 0.246 e. The van der Waals surface area contributed by atoms with E-state index in [1.54, 1.807) is 17.3 Å². The molecule has 1 aromatic rings. The minimum Gasteiger partial charge on any atom is -0.464 e. The molecule has 0 radical (unpaired) electrons. The van der Waals surface area contributed by atoms with Gasteiger partial charge in [-0.1, -0.05) is 27.7 Å². The lowest BCUT2D eigenvalue weighted by Crippen LogP contribution is -2.37. The van der Waals surface area contributed by atoms with Crippen molar-refractivity contribution in [3.63, 3.8) is 0 Å². The second-order valence-electron chi connectivity index (χ2n) is 5.95. The highest BCUT2D eigenvalue weighted by Crippen LogP contribution is 2.25. The highest BCUT2D eigenvalue weighted by atomic mass is 32.2. The number of hydrogen-bond acceptors (Lipinski definition) is 4. The molecule has 5 nitrogen and oxygen atoms in total. The van der Waals surface area contributed by atoms with Crippen LogP contribution < -0.4 is 5.73 Å². The first-order chi connectivity index (χ1) is 9.18. The molecule has 0 aliphatic rings. The second-order valence-corrected chi connectivity index (χ2v) is 7.85. The van der Waals surface area contributed by atoms with Gasteiger partial charge >= 0.3 is 0 Å². The van der Waals surface area contributed by atoms with Crippen LogP contribution in [0.5, 0.6) is 0 Å². The molecule has 0 aliphatic carbocycles. The van der Waals surface area contributed by atoms with Crippen molar-refractivity contribution < 1.29 is 12.8 Å². The molecule has 20 heavy (non-hydrogen) atoms. The molecule has 0 saturated heterocycles. The molecule has 1 rings (SSSR count). The van der Waals surface area contributed by atoms with E-state index >= 15 is 0 Å². The van der Waals surface area contributed by atoms with E-state index in [0.717, 1.165) is 0 Å². The first kappa shape index (κ1) is 17.2. The van der Waals surface area contributed by atoms with Gasteiger partial charge in [-0.3, -0.25) is 0 Å². The molecule has 0 spiro atoms. The quantitative estimate of drug-likeness (QED) is 0.838. The zero-order chi connectivity index (χ0) is 15.5. The predicted molar refractivity (Wildman–Crippen MR) is 79.8 cm³/mol. The van der Waals surface area contributed by atoms with Gasteiger partial charge in [0.05, 0.1) is 6.54 Å². The standard InChI is InChI=1S/C14H26N2O3S/c1-10(2)8-16(9-11(3)4)20(17,18)14-6-13(7-15)19-12(14)5/h6,10-11H,7-9,15H2,1-5H3. The SMILES string of the molecule is Cc1oc(CN)cc1S(=O)(=O)N(CC(C)C)CC(C)C. The van der Waals surface area contributed by atoms with Crippen LogP contribution in [0, 0.1) is 18.8 Å². The van der Waals surface area contributed by atoms with Gasteiger partial charge in [0, 0.05) is 19.2 Å². The van der Waals surface area contributed by atoms with Gasteiger partial charge in [-0.05, 0) is 18.8 Å². The van der Waals surface area contributed by atoms with Crippen molar-refractivity contribution in [3.05, 3.63) is 17.6 Å². The van der Waals surface area contributed by atoms with Gasteiger partial charge in [0.2, 0.25) is 10.0 Å². The Balaban J connectivity index is 3.17. The fourth-order valence-electron chi connectivity index (χ4n) is 2.11. The minimum absolute atomic E-state index is 0.199. The monoisotopic (exact) mass is 302 g/mol. The lowest BCUT2D eigenvalue weighted by Gasteiger charge is -2.25. The zero-order valence-corrected chi connectivity index (χ0v) is 13.8. The number of sulfonamides is 1. The summed E-state index contributed by atoms with van der Waals surface area (Å²) in [4.78, 5) is 0.235. The lowest BCUT2D eigenvalue weighted by atomic mass is 10.2.